The second-order valence-electron chi connectivity index (χ2n) is 5.36. The number of hydrogen-bond donors (Lipinski definition) is 1. The lowest BCUT2D eigenvalue weighted by atomic mass is 10.0. The first-order valence-corrected chi connectivity index (χ1v) is 8.22. The minimum absolute atomic E-state index is 0.165. The molecule has 0 aliphatic heterocycles. The summed E-state index contributed by atoms with van der Waals surface area (Å²) in [5.41, 5.74) is 4.30. The number of amides is 1. The third-order valence-corrected chi connectivity index (χ3v) is 5.14. The first-order chi connectivity index (χ1) is 9.87. The van der Waals surface area contributed by atoms with Gasteiger partial charge in [-0.05, 0) is 31.9 Å². The van der Waals surface area contributed by atoms with Crippen LogP contribution in [0, 0.1) is 19.8 Å². The minimum Gasteiger partial charge on any atom is -0.302 e. The van der Waals surface area contributed by atoms with Crippen LogP contribution >= 0.6 is 34.5 Å². The molecule has 110 valence electrons. The van der Waals surface area contributed by atoms with E-state index in [9.17, 15) is 4.79 Å². The van der Waals surface area contributed by atoms with Crippen LogP contribution in [0.2, 0.25) is 0 Å². The molecular formula is C15H14Cl2N2OS. The van der Waals surface area contributed by atoms with Crippen molar-refractivity contribution in [3.63, 3.8) is 0 Å². The first kappa shape index (κ1) is 14.8. The Balaban J connectivity index is 1.78. The summed E-state index contributed by atoms with van der Waals surface area (Å²) < 4.78 is -0.905. The number of nitrogens with zero attached hydrogens (tertiary/aromatic N) is 1. The van der Waals surface area contributed by atoms with Gasteiger partial charge in [-0.1, -0.05) is 17.7 Å². The molecule has 0 bridgehead atoms. The van der Waals surface area contributed by atoms with E-state index in [1.165, 1.54) is 16.9 Å². The molecule has 0 saturated heterocycles. The number of aryl methyl sites for hydroxylation is 2. The second kappa shape index (κ2) is 5.27. The summed E-state index contributed by atoms with van der Waals surface area (Å²) in [7, 11) is 0. The van der Waals surface area contributed by atoms with E-state index in [0.29, 0.717) is 11.6 Å². The second-order valence-corrected chi connectivity index (χ2v) is 7.76. The number of carbonyl (C=O) groups is 1. The molecule has 1 aromatic carbocycles. The molecule has 0 spiro atoms. The molecule has 1 saturated carbocycles. The zero-order chi connectivity index (χ0) is 15.2. The fourth-order valence-corrected chi connectivity index (χ4v) is 3.38. The van der Waals surface area contributed by atoms with Crippen LogP contribution in [0.4, 0.5) is 5.13 Å². The van der Waals surface area contributed by atoms with Crippen LogP contribution in [0.1, 0.15) is 17.5 Å². The van der Waals surface area contributed by atoms with Crippen molar-refractivity contribution in [3.8, 4) is 11.3 Å². The number of hydrogen-bond acceptors (Lipinski definition) is 3. The number of carbonyl (C=O) groups excluding carboxylic acids is 1. The fourth-order valence-electron chi connectivity index (χ4n) is 2.16. The van der Waals surface area contributed by atoms with Gasteiger partial charge in [0.15, 0.2) is 5.13 Å². The van der Waals surface area contributed by atoms with Crippen molar-refractivity contribution in [2.75, 3.05) is 5.32 Å². The topological polar surface area (TPSA) is 42.0 Å². The Morgan fingerprint density at radius 2 is 2.14 bits per heavy atom. The Hall–Kier alpha value is -1.10. The SMILES string of the molecule is Cc1ccc(C)c(-c2csc(NC(=O)[C@@H]3CC3(Cl)Cl)n2)c1. The van der Waals surface area contributed by atoms with Gasteiger partial charge in [-0.2, -0.15) is 0 Å². The summed E-state index contributed by atoms with van der Waals surface area (Å²) in [6.45, 7) is 4.09. The maximum atomic E-state index is 11.9. The number of halogens is 2. The predicted molar refractivity (Wildman–Crippen MR) is 88.2 cm³/mol. The van der Waals surface area contributed by atoms with E-state index >= 15 is 0 Å². The molecule has 2 aromatic rings. The third-order valence-electron chi connectivity index (χ3n) is 3.55. The van der Waals surface area contributed by atoms with Crippen molar-refractivity contribution in [1.82, 2.24) is 4.98 Å². The lowest BCUT2D eigenvalue weighted by Crippen LogP contribution is -2.16. The molecule has 1 heterocycles. The standard InChI is InChI=1S/C15H14Cl2N2OS/c1-8-3-4-9(2)10(5-8)12-7-21-14(18-12)19-13(20)11-6-15(11,16)17/h3-5,7,11H,6H2,1-2H3,(H,18,19,20)/t11-/m0/s1. The molecular weight excluding hydrogens is 327 g/mol. The molecule has 0 radical (unpaired) electrons. The van der Waals surface area contributed by atoms with Gasteiger partial charge in [-0.25, -0.2) is 4.98 Å². The summed E-state index contributed by atoms with van der Waals surface area (Å²) in [5.74, 6) is -0.504. The number of nitrogens with one attached hydrogen (secondary N) is 1. The maximum Gasteiger partial charge on any atom is 0.232 e. The van der Waals surface area contributed by atoms with Crippen molar-refractivity contribution < 1.29 is 4.79 Å². The van der Waals surface area contributed by atoms with Crippen LogP contribution in [0.15, 0.2) is 23.6 Å². The maximum absolute atomic E-state index is 11.9. The monoisotopic (exact) mass is 340 g/mol. The van der Waals surface area contributed by atoms with Gasteiger partial charge < -0.3 is 5.32 Å². The highest BCUT2D eigenvalue weighted by atomic mass is 35.5. The number of alkyl halides is 2. The molecule has 1 aliphatic carbocycles. The van der Waals surface area contributed by atoms with Crippen LogP contribution in [0.25, 0.3) is 11.3 Å². The molecule has 21 heavy (non-hydrogen) atoms. The smallest absolute Gasteiger partial charge is 0.232 e. The number of aromatic nitrogens is 1. The Labute approximate surface area is 137 Å². The minimum atomic E-state index is -0.905. The zero-order valence-corrected chi connectivity index (χ0v) is 13.9. The summed E-state index contributed by atoms with van der Waals surface area (Å²) in [6.07, 6.45) is 0.497. The predicted octanol–water partition coefficient (Wildman–Crippen LogP) is 4.56. The van der Waals surface area contributed by atoms with Crippen LogP contribution in [-0.4, -0.2) is 15.2 Å². The molecule has 1 aliphatic rings. The van der Waals surface area contributed by atoms with E-state index in [1.54, 1.807) is 0 Å². The van der Waals surface area contributed by atoms with Gasteiger partial charge in [0.2, 0.25) is 5.91 Å². The number of rotatable bonds is 3. The molecule has 0 unspecified atom stereocenters. The third kappa shape index (κ3) is 3.07. The Kier molecular flexibility index (Phi) is 3.72. The van der Waals surface area contributed by atoms with Gasteiger partial charge in [-0.15, -0.1) is 34.5 Å². The molecule has 1 atom stereocenters. The summed E-state index contributed by atoms with van der Waals surface area (Å²) in [5, 5.41) is 5.30. The van der Waals surface area contributed by atoms with E-state index in [2.05, 4.69) is 28.5 Å². The summed E-state index contributed by atoms with van der Waals surface area (Å²) in [6, 6.07) is 6.24. The lowest BCUT2D eigenvalue weighted by Gasteiger charge is -2.04. The molecule has 6 heteroatoms. The average molecular weight is 341 g/mol. The first-order valence-electron chi connectivity index (χ1n) is 6.58. The summed E-state index contributed by atoms with van der Waals surface area (Å²) >= 11 is 13.2. The van der Waals surface area contributed by atoms with Crippen molar-refractivity contribution >= 4 is 45.6 Å². The Bertz CT molecular complexity index is 711. The Morgan fingerprint density at radius 3 is 2.81 bits per heavy atom. The molecule has 1 fully saturated rings. The molecule has 1 amide bonds. The van der Waals surface area contributed by atoms with Gasteiger partial charge in [0.1, 0.15) is 4.33 Å². The zero-order valence-electron chi connectivity index (χ0n) is 11.6. The van der Waals surface area contributed by atoms with E-state index < -0.39 is 4.33 Å². The number of benzene rings is 1. The van der Waals surface area contributed by atoms with Crippen LogP contribution in [0.5, 0.6) is 0 Å². The van der Waals surface area contributed by atoms with Crippen molar-refractivity contribution in [2.24, 2.45) is 5.92 Å². The normalized spacial score (nSPS) is 19.3. The molecule has 1 N–H and O–H groups in total. The van der Waals surface area contributed by atoms with Gasteiger partial charge in [0.25, 0.3) is 0 Å². The van der Waals surface area contributed by atoms with Crippen molar-refractivity contribution in [3.05, 3.63) is 34.7 Å². The highest BCUT2D eigenvalue weighted by molar-refractivity contribution is 7.14. The van der Waals surface area contributed by atoms with E-state index in [-0.39, 0.29) is 11.8 Å². The van der Waals surface area contributed by atoms with Crippen molar-refractivity contribution in [2.45, 2.75) is 24.6 Å². The number of thiazole rings is 1. The summed E-state index contributed by atoms with van der Waals surface area (Å²) in [4.78, 5) is 16.4. The molecule has 3 nitrogen and oxygen atoms in total. The van der Waals surface area contributed by atoms with E-state index in [0.717, 1.165) is 16.8 Å². The highest BCUT2D eigenvalue weighted by Crippen LogP contribution is 2.53. The molecule has 3 rings (SSSR count). The quantitative estimate of drug-likeness (QED) is 0.832. The Morgan fingerprint density at radius 1 is 1.43 bits per heavy atom. The van der Waals surface area contributed by atoms with Crippen molar-refractivity contribution in [1.29, 1.82) is 0 Å². The van der Waals surface area contributed by atoms with Gasteiger partial charge in [-0.3, -0.25) is 4.79 Å². The van der Waals surface area contributed by atoms with Crippen LogP contribution in [0.3, 0.4) is 0 Å². The molecule has 1 aromatic heterocycles. The average Bonchev–Trinajstić information content (AvgIpc) is 2.84. The van der Waals surface area contributed by atoms with Gasteiger partial charge in [0, 0.05) is 10.9 Å². The fraction of sp³-hybridized carbons (Fsp3) is 0.333. The van der Waals surface area contributed by atoms with Crippen LogP contribution in [-0.2, 0) is 4.79 Å². The van der Waals surface area contributed by atoms with Gasteiger partial charge in [0.05, 0.1) is 11.6 Å². The van der Waals surface area contributed by atoms with E-state index in [4.69, 9.17) is 23.2 Å². The largest absolute Gasteiger partial charge is 0.302 e. The lowest BCUT2D eigenvalue weighted by molar-refractivity contribution is -0.117. The van der Waals surface area contributed by atoms with E-state index in [1.807, 2.05) is 19.2 Å². The van der Waals surface area contributed by atoms with Crippen LogP contribution < -0.4 is 5.32 Å². The number of anilines is 1. The van der Waals surface area contributed by atoms with Gasteiger partial charge >= 0.3 is 0 Å². The highest BCUT2D eigenvalue weighted by Gasteiger charge is 2.56.